The summed E-state index contributed by atoms with van der Waals surface area (Å²) in [6.45, 7) is 3.50. The summed E-state index contributed by atoms with van der Waals surface area (Å²) < 4.78 is 0. The van der Waals surface area contributed by atoms with E-state index in [0.717, 1.165) is 29.8 Å². The third-order valence-electron chi connectivity index (χ3n) is 7.65. The van der Waals surface area contributed by atoms with E-state index < -0.39 is 11.0 Å². The number of H-pyrrole nitrogens is 1. The van der Waals surface area contributed by atoms with Gasteiger partial charge in [-0.2, -0.15) is 4.98 Å². The van der Waals surface area contributed by atoms with Crippen LogP contribution in [0.15, 0.2) is 48.5 Å². The van der Waals surface area contributed by atoms with Crippen LogP contribution in [0.1, 0.15) is 86.4 Å². The highest BCUT2D eigenvalue weighted by atomic mass is 16.6. The maximum Gasteiger partial charge on any atom is 0.273 e. The second kappa shape index (κ2) is 8.91. The van der Waals surface area contributed by atoms with Gasteiger partial charge >= 0.3 is 0 Å². The molecule has 8 nitrogen and oxygen atoms in total. The van der Waals surface area contributed by atoms with Crippen molar-refractivity contribution in [3.05, 3.63) is 86.7 Å². The molecule has 0 aliphatic heterocycles. The summed E-state index contributed by atoms with van der Waals surface area (Å²) in [5.41, 5.74) is 0.550. The van der Waals surface area contributed by atoms with Crippen molar-refractivity contribution in [2.75, 3.05) is 5.32 Å². The molecule has 182 valence electrons. The van der Waals surface area contributed by atoms with Crippen LogP contribution in [-0.4, -0.2) is 26.0 Å². The Morgan fingerprint density at radius 3 is 2.29 bits per heavy atom. The van der Waals surface area contributed by atoms with Crippen LogP contribution in [0.4, 0.5) is 5.95 Å². The van der Waals surface area contributed by atoms with Crippen LogP contribution in [0.2, 0.25) is 0 Å². The number of fused-ring (bicyclic) bond motifs is 2. The molecule has 35 heavy (non-hydrogen) atoms. The van der Waals surface area contributed by atoms with Gasteiger partial charge in [-0.3, -0.25) is 25.3 Å². The number of carbonyl (C=O) groups excluding carboxylic acids is 1. The van der Waals surface area contributed by atoms with Gasteiger partial charge in [-0.05, 0) is 30.4 Å². The number of anilines is 1. The topological polar surface area (TPSA) is 114 Å². The molecule has 5 rings (SSSR count). The Labute approximate surface area is 204 Å². The molecule has 0 radical (unpaired) electrons. The van der Waals surface area contributed by atoms with E-state index in [1.165, 1.54) is 19.3 Å². The maximum atomic E-state index is 13.5. The van der Waals surface area contributed by atoms with Gasteiger partial charge in [-0.15, -0.1) is 5.10 Å². The third kappa shape index (κ3) is 4.11. The first-order chi connectivity index (χ1) is 16.8. The smallest absolute Gasteiger partial charge is 0.273 e. The fourth-order valence-electron chi connectivity index (χ4n) is 5.84. The second-order valence-corrected chi connectivity index (χ2v) is 10.5. The molecule has 1 amide bonds. The number of benzene rings is 2. The van der Waals surface area contributed by atoms with Gasteiger partial charge in [0.15, 0.2) is 0 Å². The average molecular weight is 474 g/mol. The standard InChI is InChI=1S/C27H31N5O3/c1-26(2,24(33)29-25-28-23(30-31-25)18-10-4-3-5-11-18)17-27(32(34)35)21-14-8-6-12-19(21)16-20-13-7-9-15-22(20)27/h6-9,12-15,18H,3-5,10-11,16-17H2,1-2H3,(H2,28,29,30,31,33). The molecular weight excluding hydrogens is 442 g/mol. The van der Waals surface area contributed by atoms with Gasteiger partial charge in [0.25, 0.3) is 5.54 Å². The molecule has 0 spiro atoms. The Balaban J connectivity index is 1.45. The first kappa shape index (κ1) is 23.2. The molecule has 2 aliphatic rings. The highest BCUT2D eigenvalue weighted by Crippen LogP contribution is 2.48. The van der Waals surface area contributed by atoms with E-state index in [-0.39, 0.29) is 23.2 Å². The summed E-state index contributed by atoms with van der Waals surface area (Å²) in [5, 5.41) is 22.9. The number of hydrogen-bond donors (Lipinski definition) is 2. The lowest BCUT2D eigenvalue weighted by atomic mass is 9.65. The Morgan fingerprint density at radius 1 is 1.09 bits per heavy atom. The van der Waals surface area contributed by atoms with E-state index in [9.17, 15) is 14.9 Å². The fraction of sp³-hybridized carbons (Fsp3) is 0.444. The van der Waals surface area contributed by atoms with Crippen molar-refractivity contribution >= 4 is 11.9 Å². The van der Waals surface area contributed by atoms with E-state index in [4.69, 9.17) is 0 Å². The van der Waals surface area contributed by atoms with Gasteiger partial charge in [0, 0.05) is 28.4 Å². The molecule has 0 saturated heterocycles. The van der Waals surface area contributed by atoms with E-state index in [1.807, 2.05) is 48.5 Å². The van der Waals surface area contributed by atoms with Crippen LogP contribution in [0, 0.1) is 15.5 Å². The van der Waals surface area contributed by atoms with Gasteiger partial charge in [-0.1, -0.05) is 81.6 Å². The minimum Gasteiger partial charge on any atom is -0.293 e. The number of aromatic amines is 1. The first-order valence-electron chi connectivity index (χ1n) is 12.4. The number of nitro groups is 1. The SMILES string of the molecule is CC(C)(CC1([N+](=O)[O-])c2ccccc2Cc2ccccc21)C(=O)Nc1n[nH]c(C2CCCCC2)n1. The molecule has 2 aliphatic carbocycles. The molecule has 0 unspecified atom stereocenters. The molecule has 1 saturated carbocycles. The van der Waals surface area contributed by atoms with Crippen molar-refractivity contribution in [2.45, 2.75) is 70.3 Å². The first-order valence-corrected chi connectivity index (χ1v) is 12.4. The van der Waals surface area contributed by atoms with Crippen molar-refractivity contribution in [1.29, 1.82) is 0 Å². The number of rotatable bonds is 6. The summed E-state index contributed by atoms with van der Waals surface area (Å²) in [6, 6.07) is 15.0. The van der Waals surface area contributed by atoms with Crippen LogP contribution in [-0.2, 0) is 16.8 Å². The Bertz CT molecular complexity index is 1210. The molecule has 0 atom stereocenters. The van der Waals surface area contributed by atoms with Crippen LogP contribution in [0.5, 0.6) is 0 Å². The van der Waals surface area contributed by atoms with E-state index in [1.54, 1.807) is 13.8 Å². The molecule has 8 heteroatoms. The molecule has 2 aromatic carbocycles. The maximum absolute atomic E-state index is 13.5. The predicted molar refractivity (Wildman–Crippen MR) is 133 cm³/mol. The fourth-order valence-corrected chi connectivity index (χ4v) is 5.84. The van der Waals surface area contributed by atoms with Crippen molar-refractivity contribution in [2.24, 2.45) is 5.41 Å². The van der Waals surface area contributed by atoms with E-state index in [0.29, 0.717) is 23.5 Å². The molecule has 0 bridgehead atoms. The van der Waals surface area contributed by atoms with Crippen LogP contribution < -0.4 is 5.32 Å². The second-order valence-electron chi connectivity index (χ2n) is 10.5. The molecule has 2 N–H and O–H groups in total. The highest BCUT2D eigenvalue weighted by molar-refractivity contribution is 5.93. The number of nitrogens with one attached hydrogen (secondary N) is 2. The van der Waals surface area contributed by atoms with Gasteiger partial charge in [0.05, 0.1) is 5.41 Å². The van der Waals surface area contributed by atoms with Gasteiger partial charge in [0.2, 0.25) is 11.9 Å². The van der Waals surface area contributed by atoms with Gasteiger partial charge < -0.3 is 0 Å². The average Bonchev–Trinajstić information content (AvgIpc) is 3.32. The molecule has 1 heterocycles. The Kier molecular flexibility index (Phi) is 5.91. The lowest BCUT2D eigenvalue weighted by molar-refractivity contribution is -0.570. The predicted octanol–water partition coefficient (Wildman–Crippen LogP) is 5.33. The normalized spacial score (nSPS) is 17.3. The summed E-state index contributed by atoms with van der Waals surface area (Å²) in [6.07, 6.45) is 6.36. The van der Waals surface area contributed by atoms with Gasteiger partial charge in [0.1, 0.15) is 5.82 Å². The summed E-state index contributed by atoms with van der Waals surface area (Å²) >= 11 is 0. The third-order valence-corrected chi connectivity index (χ3v) is 7.65. The highest BCUT2D eigenvalue weighted by Gasteiger charge is 2.55. The minimum atomic E-state index is -1.53. The number of aromatic nitrogens is 3. The monoisotopic (exact) mass is 473 g/mol. The van der Waals surface area contributed by atoms with Crippen LogP contribution in [0.3, 0.4) is 0 Å². The summed E-state index contributed by atoms with van der Waals surface area (Å²) in [7, 11) is 0. The Hall–Kier alpha value is -3.55. The Morgan fingerprint density at radius 2 is 1.69 bits per heavy atom. The van der Waals surface area contributed by atoms with Crippen molar-refractivity contribution in [1.82, 2.24) is 15.2 Å². The number of amides is 1. The van der Waals surface area contributed by atoms with Crippen molar-refractivity contribution in [3.63, 3.8) is 0 Å². The molecule has 1 fully saturated rings. The number of carbonyl (C=O) groups is 1. The number of nitrogens with zero attached hydrogens (tertiary/aromatic N) is 3. The van der Waals surface area contributed by atoms with E-state index in [2.05, 4.69) is 20.5 Å². The summed E-state index contributed by atoms with van der Waals surface area (Å²) in [5.74, 6) is 1.02. The number of hydrogen-bond acceptors (Lipinski definition) is 5. The van der Waals surface area contributed by atoms with Crippen LogP contribution in [0.25, 0.3) is 0 Å². The van der Waals surface area contributed by atoms with Crippen molar-refractivity contribution < 1.29 is 9.72 Å². The summed E-state index contributed by atoms with van der Waals surface area (Å²) in [4.78, 5) is 30.6. The molecule has 1 aromatic heterocycles. The lowest BCUT2D eigenvalue weighted by Gasteiger charge is -2.37. The minimum absolute atomic E-state index is 0.00671. The quantitative estimate of drug-likeness (QED) is 0.371. The van der Waals surface area contributed by atoms with Gasteiger partial charge in [-0.25, -0.2) is 0 Å². The van der Waals surface area contributed by atoms with Crippen molar-refractivity contribution in [3.8, 4) is 0 Å². The van der Waals surface area contributed by atoms with Crippen LogP contribution >= 0.6 is 0 Å². The molecule has 3 aromatic rings. The zero-order valence-electron chi connectivity index (χ0n) is 20.2. The lowest BCUT2D eigenvalue weighted by Crippen LogP contribution is -2.47. The zero-order chi connectivity index (χ0) is 24.6. The largest absolute Gasteiger partial charge is 0.293 e. The van der Waals surface area contributed by atoms with E-state index >= 15 is 0 Å². The molecular formula is C27H31N5O3. The zero-order valence-corrected chi connectivity index (χ0v) is 20.2.